The standard InChI is InChI=1S/C16H14F4N2/c17-14-4-3-11(16(18,19)20)9-13(14)15-10-12(5-6-21-15)22-7-1-2-8-22/h3-6,9-10H,1-2,7-8H2. The Kier molecular flexibility index (Phi) is 3.76. The van der Waals surface area contributed by atoms with E-state index in [2.05, 4.69) is 9.88 Å². The number of hydrogen-bond donors (Lipinski definition) is 0. The van der Waals surface area contributed by atoms with E-state index in [4.69, 9.17) is 0 Å². The summed E-state index contributed by atoms with van der Waals surface area (Å²) in [6.07, 6.45) is -0.844. The average Bonchev–Trinajstić information content (AvgIpc) is 3.01. The predicted molar refractivity (Wildman–Crippen MR) is 76.1 cm³/mol. The molecule has 1 aliphatic rings. The molecule has 0 bridgehead atoms. The minimum absolute atomic E-state index is 0.129. The highest BCUT2D eigenvalue weighted by Crippen LogP contribution is 2.34. The number of alkyl halides is 3. The van der Waals surface area contributed by atoms with Crippen LogP contribution in [-0.4, -0.2) is 18.1 Å². The first-order valence-corrected chi connectivity index (χ1v) is 7.03. The monoisotopic (exact) mass is 310 g/mol. The summed E-state index contributed by atoms with van der Waals surface area (Å²) in [6.45, 7) is 1.79. The topological polar surface area (TPSA) is 16.1 Å². The molecule has 2 heterocycles. The number of aromatic nitrogens is 1. The van der Waals surface area contributed by atoms with Gasteiger partial charge >= 0.3 is 6.18 Å². The van der Waals surface area contributed by atoms with Gasteiger partial charge in [0, 0.05) is 30.5 Å². The van der Waals surface area contributed by atoms with Crippen LogP contribution in [0.25, 0.3) is 11.3 Å². The zero-order valence-electron chi connectivity index (χ0n) is 11.7. The maximum atomic E-state index is 13.9. The van der Waals surface area contributed by atoms with Crippen LogP contribution in [0.3, 0.4) is 0 Å². The second-order valence-corrected chi connectivity index (χ2v) is 5.29. The molecule has 1 saturated heterocycles. The minimum Gasteiger partial charge on any atom is -0.371 e. The number of anilines is 1. The summed E-state index contributed by atoms with van der Waals surface area (Å²) in [4.78, 5) is 6.15. The molecule has 0 amide bonds. The van der Waals surface area contributed by atoms with Gasteiger partial charge in [-0.15, -0.1) is 0 Å². The quantitative estimate of drug-likeness (QED) is 0.759. The second kappa shape index (κ2) is 5.59. The number of benzene rings is 1. The van der Waals surface area contributed by atoms with Crippen molar-refractivity contribution in [2.24, 2.45) is 0 Å². The lowest BCUT2D eigenvalue weighted by atomic mass is 10.1. The second-order valence-electron chi connectivity index (χ2n) is 5.29. The molecule has 1 fully saturated rings. The van der Waals surface area contributed by atoms with Crippen molar-refractivity contribution in [2.75, 3.05) is 18.0 Å². The van der Waals surface area contributed by atoms with E-state index in [-0.39, 0.29) is 11.3 Å². The van der Waals surface area contributed by atoms with Crippen molar-refractivity contribution in [1.29, 1.82) is 0 Å². The highest BCUT2D eigenvalue weighted by atomic mass is 19.4. The summed E-state index contributed by atoms with van der Waals surface area (Å²) in [6, 6.07) is 5.82. The summed E-state index contributed by atoms with van der Waals surface area (Å²) < 4.78 is 52.3. The number of nitrogens with zero attached hydrogens (tertiary/aromatic N) is 2. The Bertz CT molecular complexity index is 676. The fourth-order valence-corrected chi connectivity index (χ4v) is 2.64. The average molecular weight is 310 g/mol. The first-order valence-electron chi connectivity index (χ1n) is 7.03. The Balaban J connectivity index is 2.01. The molecule has 0 spiro atoms. The molecule has 0 unspecified atom stereocenters. The van der Waals surface area contributed by atoms with E-state index in [0.717, 1.165) is 49.8 Å². The van der Waals surface area contributed by atoms with E-state index in [9.17, 15) is 17.6 Å². The fourth-order valence-electron chi connectivity index (χ4n) is 2.64. The van der Waals surface area contributed by atoms with Gasteiger partial charge in [0.05, 0.1) is 11.3 Å². The summed E-state index contributed by atoms with van der Waals surface area (Å²) in [5, 5.41) is 0. The molecular weight excluding hydrogens is 296 g/mol. The lowest BCUT2D eigenvalue weighted by Gasteiger charge is -2.18. The molecule has 0 N–H and O–H groups in total. The van der Waals surface area contributed by atoms with Crippen LogP contribution in [0, 0.1) is 5.82 Å². The molecule has 116 valence electrons. The van der Waals surface area contributed by atoms with E-state index in [1.54, 1.807) is 12.1 Å². The van der Waals surface area contributed by atoms with Gasteiger partial charge in [-0.05, 0) is 43.2 Å². The van der Waals surface area contributed by atoms with Gasteiger partial charge in [0.25, 0.3) is 0 Å². The van der Waals surface area contributed by atoms with Crippen molar-refractivity contribution in [3.8, 4) is 11.3 Å². The van der Waals surface area contributed by atoms with Gasteiger partial charge in [-0.2, -0.15) is 13.2 Å². The predicted octanol–water partition coefficient (Wildman–Crippen LogP) is 4.51. The van der Waals surface area contributed by atoms with Crippen molar-refractivity contribution in [3.05, 3.63) is 47.9 Å². The zero-order valence-corrected chi connectivity index (χ0v) is 11.7. The number of pyridine rings is 1. The molecule has 1 aromatic carbocycles. The Morgan fingerprint density at radius 3 is 2.41 bits per heavy atom. The Labute approximate surface area is 125 Å². The number of hydrogen-bond acceptors (Lipinski definition) is 2. The van der Waals surface area contributed by atoms with Crippen molar-refractivity contribution in [3.63, 3.8) is 0 Å². The van der Waals surface area contributed by atoms with Gasteiger partial charge in [0.1, 0.15) is 5.82 Å². The maximum absolute atomic E-state index is 13.9. The molecule has 2 nitrogen and oxygen atoms in total. The lowest BCUT2D eigenvalue weighted by Crippen LogP contribution is -2.17. The van der Waals surface area contributed by atoms with E-state index in [0.29, 0.717) is 0 Å². The molecule has 3 rings (SSSR count). The summed E-state index contributed by atoms with van der Waals surface area (Å²) in [5.74, 6) is -0.709. The van der Waals surface area contributed by atoms with Gasteiger partial charge < -0.3 is 4.90 Å². The molecule has 6 heteroatoms. The van der Waals surface area contributed by atoms with Crippen molar-refractivity contribution >= 4 is 5.69 Å². The number of halogens is 4. The van der Waals surface area contributed by atoms with Crippen LogP contribution in [-0.2, 0) is 6.18 Å². The van der Waals surface area contributed by atoms with Crippen LogP contribution in [0.5, 0.6) is 0 Å². The van der Waals surface area contributed by atoms with E-state index >= 15 is 0 Å². The maximum Gasteiger partial charge on any atom is 0.416 e. The van der Waals surface area contributed by atoms with Crippen molar-refractivity contribution in [2.45, 2.75) is 19.0 Å². The molecule has 0 atom stereocenters. The SMILES string of the molecule is Fc1ccc(C(F)(F)F)cc1-c1cc(N2CCCC2)ccn1. The molecule has 0 saturated carbocycles. The fraction of sp³-hybridized carbons (Fsp3) is 0.312. The third-order valence-corrected chi connectivity index (χ3v) is 3.78. The number of rotatable bonds is 2. The van der Waals surface area contributed by atoms with Crippen LogP contribution in [0.15, 0.2) is 36.5 Å². The van der Waals surface area contributed by atoms with Crippen LogP contribution in [0.1, 0.15) is 18.4 Å². The van der Waals surface area contributed by atoms with Gasteiger partial charge in [-0.3, -0.25) is 4.98 Å². The van der Waals surface area contributed by atoms with Gasteiger partial charge in [-0.1, -0.05) is 0 Å². The molecule has 2 aromatic rings. The minimum atomic E-state index is -4.50. The van der Waals surface area contributed by atoms with Crippen LogP contribution in [0.4, 0.5) is 23.2 Å². The van der Waals surface area contributed by atoms with E-state index < -0.39 is 17.6 Å². The molecule has 22 heavy (non-hydrogen) atoms. The van der Waals surface area contributed by atoms with E-state index in [1.807, 2.05) is 0 Å². The molecular formula is C16H14F4N2. The van der Waals surface area contributed by atoms with Crippen LogP contribution < -0.4 is 4.90 Å². The van der Waals surface area contributed by atoms with Gasteiger partial charge in [0.2, 0.25) is 0 Å². The third kappa shape index (κ3) is 2.91. The Morgan fingerprint density at radius 1 is 1.00 bits per heavy atom. The molecule has 0 aliphatic carbocycles. The Morgan fingerprint density at radius 2 is 1.73 bits per heavy atom. The Hall–Kier alpha value is -2.11. The highest BCUT2D eigenvalue weighted by Gasteiger charge is 2.31. The summed E-state index contributed by atoms with van der Waals surface area (Å²) >= 11 is 0. The smallest absolute Gasteiger partial charge is 0.371 e. The first kappa shape index (κ1) is 14.8. The van der Waals surface area contributed by atoms with Crippen molar-refractivity contribution < 1.29 is 17.6 Å². The lowest BCUT2D eigenvalue weighted by molar-refractivity contribution is -0.137. The highest BCUT2D eigenvalue weighted by molar-refractivity contribution is 5.66. The van der Waals surface area contributed by atoms with E-state index in [1.165, 1.54) is 6.20 Å². The first-order chi connectivity index (χ1) is 10.4. The van der Waals surface area contributed by atoms with Gasteiger partial charge in [-0.25, -0.2) is 4.39 Å². The van der Waals surface area contributed by atoms with Crippen LogP contribution >= 0.6 is 0 Å². The molecule has 0 radical (unpaired) electrons. The third-order valence-electron chi connectivity index (χ3n) is 3.78. The van der Waals surface area contributed by atoms with Crippen LogP contribution in [0.2, 0.25) is 0 Å². The summed E-state index contributed by atoms with van der Waals surface area (Å²) in [5.41, 5.74) is 0.0699. The normalized spacial score (nSPS) is 15.4. The molecule has 1 aliphatic heterocycles. The zero-order chi connectivity index (χ0) is 15.7. The largest absolute Gasteiger partial charge is 0.416 e. The van der Waals surface area contributed by atoms with Crippen molar-refractivity contribution in [1.82, 2.24) is 4.98 Å². The van der Waals surface area contributed by atoms with Gasteiger partial charge in [0.15, 0.2) is 0 Å². The summed E-state index contributed by atoms with van der Waals surface area (Å²) in [7, 11) is 0. The molecule has 1 aromatic heterocycles.